The van der Waals surface area contributed by atoms with E-state index in [4.69, 9.17) is 5.73 Å². The van der Waals surface area contributed by atoms with Crippen LogP contribution >= 0.6 is 0 Å². The van der Waals surface area contributed by atoms with Crippen molar-refractivity contribution in [3.05, 3.63) is 41.2 Å². The molecule has 84 valence electrons. The highest BCUT2D eigenvalue weighted by atomic mass is 16.3. The summed E-state index contributed by atoms with van der Waals surface area (Å²) in [4.78, 5) is 0. The van der Waals surface area contributed by atoms with Crippen LogP contribution in [0, 0.1) is 13.8 Å². The normalized spacial score (nSPS) is 10.6. The summed E-state index contributed by atoms with van der Waals surface area (Å²) >= 11 is 0. The predicted molar refractivity (Wildman–Crippen MR) is 63.3 cm³/mol. The van der Waals surface area contributed by atoms with Crippen molar-refractivity contribution in [3.63, 3.8) is 0 Å². The van der Waals surface area contributed by atoms with Crippen LogP contribution in [-0.2, 0) is 6.54 Å². The molecule has 0 aliphatic heterocycles. The molecule has 1 aromatic carbocycles. The molecule has 0 spiro atoms. The lowest BCUT2D eigenvalue weighted by Crippen LogP contribution is -2.04. The molecule has 16 heavy (non-hydrogen) atoms. The Kier molecular flexibility index (Phi) is 2.56. The molecule has 2 rings (SSSR count). The van der Waals surface area contributed by atoms with Gasteiger partial charge >= 0.3 is 0 Å². The van der Waals surface area contributed by atoms with E-state index in [1.54, 1.807) is 12.1 Å². The van der Waals surface area contributed by atoms with Gasteiger partial charge in [0.2, 0.25) is 0 Å². The van der Waals surface area contributed by atoms with Crippen LogP contribution in [0.3, 0.4) is 0 Å². The van der Waals surface area contributed by atoms with Gasteiger partial charge in [-0.15, -0.1) is 0 Å². The largest absolute Gasteiger partial charge is 0.508 e. The van der Waals surface area contributed by atoms with Crippen molar-refractivity contribution in [2.24, 2.45) is 0 Å². The van der Waals surface area contributed by atoms with E-state index in [0.29, 0.717) is 6.54 Å². The van der Waals surface area contributed by atoms with E-state index in [0.717, 1.165) is 22.6 Å². The van der Waals surface area contributed by atoms with E-state index in [2.05, 4.69) is 5.10 Å². The standard InChI is InChI=1S/C12H15N3O/c1-8-12(13)9(2)15(14-8)7-10-4-3-5-11(16)6-10/h3-6,16H,7,13H2,1-2H3. The first-order valence-electron chi connectivity index (χ1n) is 5.15. The quantitative estimate of drug-likeness (QED) is 0.806. The molecule has 0 saturated heterocycles. The predicted octanol–water partition coefficient (Wildman–Crippen LogP) is 1.84. The second-order valence-electron chi connectivity index (χ2n) is 3.91. The topological polar surface area (TPSA) is 64.1 Å². The maximum absolute atomic E-state index is 9.37. The number of phenols is 1. The molecule has 4 nitrogen and oxygen atoms in total. The van der Waals surface area contributed by atoms with Gasteiger partial charge in [0.15, 0.2) is 0 Å². The molecule has 4 heteroatoms. The second-order valence-corrected chi connectivity index (χ2v) is 3.91. The molecule has 0 aliphatic carbocycles. The van der Waals surface area contributed by atoms with Gasteiger partial charge in [0, 0.05) is 0 Å². The molecule has 0 saturated carbocycles. The summed E-state index contributed by atoms with van der Waals surface area (Å²) in [5.41, 5.74) is 9.40. The molecule has 0 aliphatic rings. The number of aromatic hydroxyl groups is 1. The van der Waals surface area contributed by atoms with Crippen LogP contribution in [0.1, 0.15) is 17.0 Å². The fraction of sp³-hybridized carbons (Fsp3) is 0.250. The first kappa shape index (κ1) is 10.5. The summed E-state index contributed by atoms with van der Waals surface area (Å²) in [7, 11) is 0. The van der Waals surface area contributed by atoms with E-state index in [1.165, 1.54) is 0 Å². The Hall–Kier alpha value is -1.97. The molecule has 0 amide bonds. The second kappa shape index (κ2) is 3.89. The lowest BCUT2D eigenvalue weighted by Gasteiger charge is -2.05. The number of benzene rings is 1. The first-order valence-corrected chi connectivity index (χ1v) is 5.15. The number of rotatable bonds is 2. The molecular weight excluding hydrogens is 202 g/mol. The fourth-order valence-corrected chi connectivity index (χ4v) is 1.69. The maximum Gasteiger partial charge on any atom is 0.115 e. The van der Waals surface area contributed by atoms with Crippen LogP contribution in [0.4, 0.5) is 5.69 Å². The number of phenolic OH excluding ortho intramolecular Hbond substituents is 1. The molecule has 1 heterocycles. The fourth-order valence-electron chi connectivity index (χ4n) is 1.69. The lowest BCUT2D eigenvalue weighted by molar-refractivity contribution is 0.474. The smallest absolute Gasteiger partial charge is 0.115 e. The number of nitrogens with zero attached hydrogens (tertiary/aromatic N) is 2. The van der Waals surface area contributed by atoms with E-state index >= 15 is 0 Å². The maximum atomic E-state index is 9.37. The monoisotopic (exact) mass is 217 g/mol. The van der Waals surface area contributed by atoms with Gasteiger partial charge in [-0.05, 0) is 31.5 Å². The van der Waals surface area contributed by atoms with E-state index in [9.17, 15) is 5.11 Å². The number of nitrogens with two attached hydrogens (primary N) is 1. The first-order chi connectivity index (χ1) is 7.58. The number of hydrogen-bond acceptors (Lipinski definition) is 3. The Morgan fingerprint density at radius 1 is 1.38 bits per heavy atom. The minimum absolute atomic E-state index is 0.270. The minimum atomic E-state index is 0.270. The number of anilines is 1. The van der Waals surface area contributed by atoms with Gasteiger partial charge in [-0.25, -0.2) is 0 Å². The summed E-state index contributed by atoms with van der Waals surface area (Å²) in [5.74, 6) is 0.270. The summed E-state index contributed by atoms with van der Waals surface area (Å²) in [5, 5.41) is 13.7. The van der Waals surface area contributed by atoms with Gasteiger partial charge in [0.05, 0.1) is 23.6 Å². The van der Waals surface area contributed by atoms with Crippen molar-refractivity contribution in [1.29, 1.82) is 0 Å². The Bertz CT molecular complexity index is 517. The van der Waals surface area contributed by atoms with E-state index in [-0.39, 0.29) is 5.75 Å². The third-order valence-electron chi connectivity index (χ3n) is 2.68. The third kappa shape index (κ3) is 1.86. The molecule has 1 aromatic heterocycles. The summed E-state index contributed by atoms with van der Waals surface area (Å²) in [6.07, 6.45) is 0. The zero-order valence-corrected chi connectivity index (χ0v) is 9.44. The molecule has 0 unspecified atom stereocenters. The van der Waals surface area contributed by atoms with Crippen molar-refractivity contribution in [2.45, 2.75) is 20.4 Å². The average molecular weight is 217 g/mol. The molecule has 0 atom stereocenters. The van der Waals surface area contributed by atoms with Gasteiger partial charge in [0.25, 0.3) is 0 Å². The SMILES string of the molecule is Cc1nn(Cc2cccc(O)c2)c(C)c1N. The molecule has 0 radical (unpaired) electrons. The summed E-state index contributed by atoms with van der Waals surface area (Å²) in [6, 6.07) is 7.15. The van der Waals surface area contributed by atoms with Crippen molar-refractivity contribution < 1.29 is 5.11 Å². The molecule has 0 fully saturated rings. The molecule has 3 N–H and O–H groups in total. The highest BCUT2D eigenvalue weighted by Gasteiger charge is 2.08. The van der Waals surface area contributed by atoms with Crippen LogP contribution in [0.5, 0.6) is 5.75 Å². The number of aryl methyl sites for hydroxylation is 1. The van der Waals surface area contributed by atoms with Crippen molar-refractivity contribution in [2.75, 3.05) is 5.73 Å². The Balaban J connectivity index is 2.30. The van der Waals surface area contributed by atoms with E-state index in [1.807, 2.05) is 30.7 Å². The van der Waals surface area contributed by atoms with Crippen molar-refractivity contribution >= 4 is 5.69 Å². The van der Waals surface area contributed by atoms with Gasteiger partial charge in [-0.2, -0.15) is 5.10 Å². The third-order valence-corrected chi connectivity index (χ3v) is 2.68. The number of aromatic nitrogens is 2. The highest BCUT2D eigenvalue weighted by Crippen LogP contribution is 2.17. The Morgan fingerprint density at radius 2 is 2.12 bits per heavy atom. The number of hydrogen-bond donors (Lipinski definition) is 2. The molecule has 0 bridgehead atoms. The van der Waals surface area contributed by atoms with E-state index < -0.39 is 0 Å². The molecule has 2 aromatic rings. The minimum Gasteiger partial charge on any atom is -0.508 e. The van der Waals surface area contributed by atoms with Gasteiger partial charge in [-0.1, -0.05) is 12.1 Å². The van der Waals surface area contributed by atoms with Crippen molar-refractivity contribution in [1.82, 2.24) is 9.78 Å². The van der Waals surface area contributed by atoms with Crippen LogP contribution in [0.15, 0.2) is 24.3 Å². The van der Waals surface area contributed by atoms with Crippen LogP contribution in [-0.4, -0.2) is 14.9 Å². The van der Waals surface area contributed by atoms with Crippen molar-refractivity contribution in [3.8, 4) is 5.75 Å². The summed E-state index contributed by atoms with van der Waals surface area (Å²) in [6.45, 7) is 4.46. The number of nitrogen functional groups attached to an aromatic ring is 1. The van der Waals surface area contributed by atoms with Crippen LogP contribution < -0.4 is 5.73 Å². The zero-order chi connectivity index (χ0) is 11.7. The van der Waals surface area contributed by atoms with Gasteiger partial charge in [-0.3, -0.25) is 4.68 Å². The van der Waals surface area contributed by atoms with Gasteiger partial charge < -0.3 is 10.8 Å². The highest BCUT2D eigenvalue weighted by molar-refractivity contribution is 5.47. The lowest BCUT2D eigenvalue weighted by atomic mass is 10.2. The van der Waals surface area contributed by atoms with Crippen LogP contribution in [0.2, 0.25) is 0 Å². The zero-order valence-electron chi connectivity index (χ0n) is 9.44. The molecular formula is C12H15N3O. The average Bonchev–Trinajstić information content (AvgIpc) is 2.47. The van der Waals surface area contributed by atoms with Crippen LogP contribution in [0.25, 0.3) is 0 Å². The Morgan fingerprint density at radius 3 is 2.69 bits per heavy atom. The van der Waals surface area contributed by atoms with Gasteiger partial charge in [0.1, 0.15) is 5.75 Å². The Labute approximate surface area is 94.3 Å². The summed E-state index contributed by atoms with van der Waals surface area (Å²) < 4.78 is 1.85.